The summed E-state index contributed by atoms with van der Waals surface area (Å²) in [4.78, 5) is 22.4. The molecule has 1 unspecified atom stereocenters. The maximum absolute atomic E-state index is 11.4. The van der Waals surface area contributed by atoms with Crippen LogP contribution >= 0.6 is 0 Å². The first-order valence-electron chi connectivity index (χ1n) is 5.11. The molecule has 0 bridgehead atoms. The second-order valence-electron chi connectivity index (χ2n) is 3.76. The zero-order chi connectivity index (χ0) is 11.9. The monoisotopic (exact) mass is 213 g/mol. The summed E-state index contributed by atoms with van der Waals surface area (Å²) in [5.74, 6) is -1.23. The molecular weight excluding hydrogens is 194 g/mol. The molecule has 4 heteroatoms. The molecule has 0 rings (SSSR count). The van der Waals surface area contributed by atoms with Crippen molar-refractivity contribution in [1.29, 1.82) is 0 Å². The van der Waals surface area contributed by atoms with Gasteiger partial charge in [0, 0.05) is 6.42 Å². The number of hydrogen-bond acceptors (Lipinski definition) is 2. The Balaban J connectivity index is 4.34. The number of carboxylic acids is 1. The van der Waals surface area contributed by atoms with E-state index in [1.54, 1.807) is 6.08 Å². The minimum atomic E-state index is -1.15. The van der Waals surface area contributed by atoms with E-state index in [0.717, 1.165) is 0 Å². The average molecular weight is 213 g/mol. The Morgan fingerprint density at radius 1 is 1.53 bits per heavy atom. The van der Waals surface area contributed by atoms with Crippen molar-refractivity contribution in [2.45, 2.75) is 45.1 Å². The van der Waals surface area contributed by atoms with Gasteiger partial charge in [-0.25, -0.2) is 4.79 Å². The first-order chi connectivity index (χ1) is 6.96. The van der Waals surface area contributed by atoms with E-state index >= 15 is 0 Å². The van der Waals surface area contributed by atoms with E-state index < -0.39 is 11.5 Å². The van der Waals surface area contributed by atoms with Crippen molar-refractivity contribution in [3.63, 3.8) is 0 Å². The zero-order valence-electron chi connectivity index (χ0n) is 9.38. The van der Waals surface area contributed by atoms with Gasteiger partial charge < -0.3 is 10.4 Å². The molecule has 0 fully saturated rings. The summed E-state index contributed by atoms with van der Waals surface area (Å²) in [6, 6.07) is 0. The number of aliphatic carboxylic acids is 1. The van der Waals surface area contributed by atoms with Crippen LogP contribution in [0.1, 0.15) is 39.5 Å². The van der Waals surface area contributed by atoms with Crippen LogP contribution in [0.5, 0.6) is 0 Å². The Bertz CT molecular complexity index is 250. The van der Waals surface area contributed by atoms with E-state index in [0.29, 0.717) is 19.3 Å². The highest BCUT2D eigenvalue weighted by molar-refractivity contribution is 5.86. The molecule has 0 aromatic carbocycles. The van der Waals surface area contributed by atoms with Gasteiger partial charge in [-0.2, -0.15) is 0 Å². The highest BCUT2D eigenvalue weighted by Gasteiger charge is 2.33. The van der Waals surface area contributed by atoms with Gasteiger partial charge in [0.05, 0.1) is 0 Å². The molecule has 86 valence electrons. The topological polar surface area (TPSA) is 66.4 Å². The van der Waals surface area contributed by atoms with Gasteiger partial charge >= 0.3 is 5.97 Å². The SMILES string of the molecule is C=CCCC(=O)NC(C)(CCC)C(=O)O. The number of carboxylic acid groups (broad SMARTS) is 1. The lowest BCUT2D eigenvalue weighted by Gasteiger charge is -2.25. The minimum Gasteiger partial charge on any atom is -0.480 e. The van der Waals surface area contributed by atoms with Gasteiger partial charge in [0.2, 0.25) is 5.91 Å². The number of carbonyl (C=O) groups excluding carboxylic acids is 1. The predicted octanol–water partition coefficient (Wildman–Crippen LogP) is 1.71. The number of carbonyl (C=O) groups is 2. The van der Waals surface area contributed by atoms with Crippen molar-refractivity contribution < 1.29 is 14.7 Å². The molecule has 4 nitrogen and oxygen atoms in total. The van der Waals surface area contributed by atoms with Gasteiger partial charge in [-0.05, 0) is 19.8 Å². The van der Waals surface area contributed by atoms with Crippen LogP contribution in [0.2, 0.25) is 0 Å². The van der Waals surface area contributed by atoms with Crippen LogP contribution in [-0.4, -0.2) is 22.5 Å². The molecule has 1 amide bonds. The zero-order valence-corrected chi connectivity index (χ0v) is 9.38. The third kappa shape index (κ3) is 4.63. The lowest BCUT2D eigenvalue weighted by atomic mass is 9.96. The van der Waals surface area contributed by atoms with Crippen LogP contribution < -0.4 is 5.32 Å². The fourth-order valence-electron chi connectivity index (χ4n) is 1.33. The van der Waals surface area contributed by atoms with Crippen LogP contribution in [-0.2, 0) is 9.59 Å². The maximum atomic E-state index is 11.4. The Hall–Kier alpha value is -1.32. The molecular formula is C11H19NO3. The second kappa shape index (κ2) is 6.22. The summed E-state index contributed by atoms with van der Waals surface area (Å²) in [6.07, 6.45) is 3.63. The number of hydrogen-bond donors (Lipinski definition) is 2. The van der Waals surface area contributed by atoms with Gasteiger partial charge in [0.1, 0.15) is 5.54 Å². The highest BCUT2D eigenvalue weighted by atomic mass is 16.4. The summed E-state index contributed by atoms with van der Waals surface area (Å²) in [5.41, 5.74) is -1.15. The second-order valence-corrected chi connectivity index (χ2v) is 3.76. The lowest BCUT2D eigenvalue weighted by molar-refractivity contribution is -0.147. The van der Waals surface area contributed by atoms with E-state index in [1.807, 2.05) is 6.92 Å². The Kier molecular flexibility index (Phi) is 5.67. The fraction of sp³-hybridized carbons (Fsp3) is 0.636. The average Bonchev–Trinajstić information content (AvgIpc) is 2.14. The Morgan fingerprint density at radius 2 is 2.13 bits per heavy atom. The predicted molar refractivity (Wildman–Crippen MR) is 58.5 cm³/mol. The van der Waals surface area contributed by atoms with E-state index in [2.05, 4.69) is 11.9 Å². The summed E-state index contributed by atoms with van der Waals surface area (Å²) >= 11 is 0. The number of nitrogens with one attached hydrogen (secondary N) is 1. The highest BCUT2D eigenvalue weighted by Crippen LogP contribution is 2.13. The molecule has 0 aliphatic rings. The first-order valence-corrected chi connectivity index (χ1v) is 5.11. The summed E-state index contributed by atoms with van der Waals surface area (Å²) in [7, 11) is 0. The van der Waals surface area contributed by atoms with E-state index in [4.69, 9.17) is 5.11 Å². The van der Waals surface area contributed by atoms with Gasteiger partial charge in [0.15, 0.2) is 0 Å². The van der Waals surface area contributed by atoms with E-state index in [9.17, 15) is 9.59 Å². The number of allylic oxidation sites excluding steroid dienone is 1. The van der Waals surface area contributed by atoms with Crippen molar-refractivity contribution in [3.05, 3.63) is 12.7 Å². The van der Waals surface area contributed by atoms with Crippen molar-refractivity contribution >= 4 is 11.9 Å². The molecule has 0 saturated heterocycles. The standard InChI is InChI=1S/C11H19NO3/c1-4-6-7-9(13)12-11(3,8-5-2)10(14)15/h4H,1,5-8H2,2-3H3,(H,12,13)(H,14,15). The van der Waals surface area contributed by atoms with Crippen LogP contribution in [0.25, 0.3) is 0 Å². The summed E-state index contributed by atoms with van der Waals surface area (Å²) in [6.45, 7) is 6.92. The molecule has 2 N–H and O–H groups in total. The van der Waals surface area contributed by atoms with E-state index in [1.165, 1.54) is 6.92 Å². The molecule has 0 aromatic heterocycles. The molecule has 1 atom stereocenters. The number of rotatable bonds is 7. The minimum absolute atomic E-state index is 0.242. The third-order valence-electron chi connectivity index (χ3n) is 2.21. The molecule has 0 aromatic rings. The smallest absolute Gasteiger partial charge is 0.329 e. The number of amides is 1. The van der Waals surface area contributed by atoms with Crippen LogP contribution in [0.4, 0.5) is 0 Å². The Morgan fingerprint density at radius 3 is 2.53 bits per heavy atom. The Labute approximate surface area is 90.4 Å². The molecule has 0 spiro atoms. The third-order valence-corrected chi connectivity index (χ3v) is 2.21. The summed E-state index contributed by atoms with van der Waals surface area (Å²) in [5, 5.41) is 11.5. The quantitative estimate of drug-likeness (QED) is 0.633. The van der Waals surface area contributed by atoms with Gasteiger partial charge in [-0.1, -0.05) is 19.4 Å². The molecule has 15 heavy (non-hydrogen) atoms. The molecule has 0 heterocycles. The van der Waals surface area contributed by atoms with Crippen molar-refractivity contribution in [2.75, 3.05) is 0 Å². The van der Waals surface area contributed by atoms with Crippen LogP contribution in [0.3, 0.4) is 0 Å². The van der Waals surface area contributed by atoms with Gasteiger partial charge in [-0.3, -0.25) is 4.79 Å². The maximum Gasteiger partial charge on any atom is 0.329 e. The van der Waals surface area contributed by atoms with Crippen molar-refractivity contribution in [2.24, 2.45) is 0 Å². The van der Waals surface area contributed by atoms with Gasteiger partial charge in [-0.15, -0.1) is 6.58 Å². The molecule has 0 saturated carbocycles. The molecule has 0 radical (unpaired) electrons. The lowest BCUT2D eigenvalue weighted by Crippen LogP contribution is -2.52. The fourth-order valence-corrected chi connectivity index (χ4v) is 1.33. The van der Waals surface area contributed by atoms with Crippen molar-refractivity contribution in [1.82, 2.24) is 5.32 Å². The van der Waals surface area contributed by atoms with Crippen LogP contribution in [0, 0.1) is 0 Å². The van der Waals surface area contributed by atoms with Crippen LogP contribution in [0.15, 0.2) is 12.7 Å². The normalized spacial score (nSPS) is 14.0. The molecule has 0 aliphatic heterocycles. The molecule has 0 aliphatic carbocycles. The van der Waals surface area contributed by atoms with E-state index in [-0.39, 0.29) is 12.3 Å². The first kappa shape index (κ1) is 13.7. The summed E-state index contributed by atoms with van der Waals surface area (Å²) < 4.78 is 0. The largest absolute Gasteiger partial charge is 0.480 e. The van der Waals surface area contributed by atoms with Gasteiger partial charge in [0.25, 0.3) is 0 Å². The van der Waals surface area contributed by atoms with Crippen molar-refractivity contribution in [3.8, 4) is 0 Å².